The van der Waals surface area contributed by atoms with Gasteiger partial charge in [0.2, 0.25) is 5.91 Å². The highest BCUT2D eigenvalue weighted by Crippen LogP contribution is 2.29. The van der Waals surface area contributed by atoms with Crippen molar-refractivity contribution in [2.75, 3.05) is 19.8 Å². The monoisotopic (exact) mass is 326 g/mol. The van der Waals surface area contributed by atoms with E-state index in [1.807, 2.05) is 5.32 Å². The Bertz CT molecular complexity index is 486. The molecule has 0 aromatic heterocycles. The van der Waals surface area contributed by atoms with E-state index in [0.29, 0.717) is 6.54 Å². The van der Waals surface area contributed by atoms with Crippen molar-refractivity contribution in [3.05, 3.63) is 0 Å². The Kier molecular flexibility index (Phi) is 5.95. The second kappa shape index (κ2) is 7.94. The molecule has 0 radical (unpaired) electrons. The molecule has 1 aliphatic carbocycles. The van der Waals surface area contributed by atoms with Crippen LogP contribution in [0.2, 0.25) is 0 Å². The molecule has 128 valence electrons. The van der Waals surface area contributed by atoms with Crippen LogP contribution in [0.3, 0.4) is 0 Å². The number of hydrogen-bond donors (Lipinski definition) is 1. The van der Waals surface area contributed by atoms with Crippen LogP contribution in [0.4, 0.5) is 4.79 Å². The van der Waals surface area contributed by atoms with Gasteiger partial charge in [0, 0.05) is 19.0 Å². The van der Waals surface area contributed by atoms with Gasteiger partial charge in [-0.2, -0.15) is 0 Å². The summed E-state index contributed by atoms with van der Waals surface area (Å²) in [5.74, 6) is -1.92. The topological polar surface area (TPSA) is 102 Å². The number of carbonyl (C=O) groups is 4. The summed E-state index contributed by atoms with van der Waals surface area (Å²) in [5, 5.41) is 1.93. The molecule has 0 aromatic rings. The predicted molar refractivity (Wildman–Crippen MR) is 78.2 cm³/mol. The minimum atomic E-state index is -0.878. The van der Waals surface area contributed by atoms with E-state index in [1.54, 1.807) is 11.8 Å². The van der Waals surface area contributed by atoms with Crippen LogP contribution >= 0.6 is 0 Å². The first-order valence-corrected chi connectivity index (χ1v) is 7.94. The zero-order valence-electron chi connectivity index (χ0n) is 13.2. The molecule has 8 nitrogen and oxygen atoms in total. The van der Waals surface area contributed by atoms with Crippen molar-refractivity contribution in [3.63, 3.8) is 0 Å². The number of rotatable bonds is 5. The summed E-state index contributed by atoms with van der Waals surface area (Å²) >= 11 is 0. The lowest BCUT2D eigenvalue weighted by atomic mass is 10.1. The number of esters is 1. The van der Waals surface area contributed by atoms with Crippen molar-refractivity contribution in [2.24, 2.45) is 5.92 Å². The van der Waals surface area contributed by atoms with Gasteiger partial charge < -0.3 is 14.4 Å². The van der Waals surface area contributed by atoms with Crippen LogP contribution in [0.1, 0.15) is 39.0 Å². The second-order valence-electron chi connectivity index (χ2n) is 5.76. The van der Waals surface area contributed by atoms with Crippen LogP contribution in [0.15, 0.2) is 0 Å². The number of ether oxygens (including phenoxy) is 2. The van der Waals surface area contributed by atoms with Crippen molar-refractivity contribution >= 4 is 23.9 Å². The van der Waals surface area contributed by atoms with Gasteiger partial charge in [-0.3, -0.25) is 19.7 Å². The highest BCUT2D eigenvalue weighted by Gasteiger charge is 2.39. The third-order valence-corrected chi connectivity index (χ3v) is 4.12. The molecular formula is C15H22N2O6. The fourth-order valence-electron chi connectivity index (χ4n) is 3.03. The lowest BCUT2D eigenvalue weighted by molar-refractivity contribution is -0.152. The molecule has 1 aliphatic heterocycles. The normalized spacial score (nSPS) is 21.3. The largest absolute Gasteiger partial charge is 0.455 e. The van der Waals surface area contributed by atoms with E-state index < -0.39 is 30.5 Å². The first-order valence-electron chi connectivity index (χ1n) is 7.94. The summed E-state index contributed by atoms with van der Waals surface area (Å²) in [6, 6.07) is 0.229. The van der Waals surface area contributed by atoms with Crippen LogP contribution in [0.25, 0.3) is 0 Å². The summed E-state index contributed by atoms with van der Waals surface area (Å²) in [7, 11) is 0. The quantitative estimate of drug-likeness (QED) is 0.742. The number of alkyl carbamates (subject to hydrolysis) is 1. The van der Waals surface area contributed by atoms with Crippen LogP contribution in [0.5, 0.6) is 0 Å². The second-order valence-corrected chi connectivity index (χ2v) is 5.76. The molecule has 1 atom stereocenters. The van der Waals surface area contributed by atoms with Crippen LogP contribution in [-0.2, 0) is 23.9 Å². The summed E-state index contributed by atoms with van der Waals surface area (Å²) < 4.78 is 9.43. The molecule has 1 saturated heterocycles. The van der Waals surface area contributed by atoms with E-state index in [9.17, 15) is 19.2 Å². The summed E-state index contributed by atoms with van der Waals surface area (Å²) in [6.45, 7) is 1.53. The number of amides is 3. The first-order chi connectivity index (χ1) is 11.0. The predicted octanol–water partition coefficient (Wildman–Crippen LogP) is 0.593. The van der Waals surface area contributed by atoms with Gasteiger partial charge in [0.15, 0.2) is 6.61 Å². The minimum Gasteiger partial charge on any atom is -0.455 e. The molecule has 1 saturated carbocycles. The van der Waals surface area contributed by atoms with Gasteiger partial charge in [-0.1, -0.05) is 12.8 Å². The standard InChI is InChI=1S/C15H22N2O6/c1-2-22-15(21)16-12(18)9-23-14(20)10-7-13(19)17(8-10)11-5-3-4-6-11/h10-11H,2-9H2,1H3,(H,16,18,21)/t10-/m1/s1. The lowest BCUT2D eigenvalue weighted by Crippen LogP contribution is -2.36. The third-order valence-electron chi connectivity index (χ3n) is 4.12. The minimum absolute atomic E-state index is 0.0326. The fraction of sp³-hybridized carbons (Fsp3) is 0.733. The molecule has 0 unspecified atom stereocenters. The highest BCUT2D eigenvalue weighted by atomic mass is 16.6. The van der Waals surface area contributed by atoms with Gasteiger partial charge in [-0.15, -0.1) is 0 Å². The third kappa shape index (κ3) is 4.67. The summed E-state index contributed by atoms with van der Waals surface area (Å²) in [6.07, 6.45) is 3.42. The maximum Gasteiger partial charge on any atom is 0.413 e. The van der Waals surface area contributed by atoms with Crippen molar-refractivity contribution < 1.29 is 28.7 Å². The average molecular weight is 326 g/mol. The highest BCUT2D eigenvalue weighted by molar-refractivity contribution is 5.94. The number of nitrogens with one attached hydrogen (secondary N) is 1. The molecule has 0 bridgehead atoms. The molecule has 1 N–H and O–H groups in total. The number of likely N-dealkylation sites (tertiary alicyclic amines) is 1. The Labute approximate surface area is 134 Å². The fourth-order valence-corrected chi connectivity index (χ4v) is 3.03. The Balaban J connectivity index is 1.74. The number of imide groups is 1. The molecule has 2 rings (SSSR count). The average Bonchev–Trinajstić information content (AvgIpc) is 3.14. The molecule has 3 amide bonds. The van der Waals surface area contributed by atoms with Crippen molar-refractivity contribution in [3.8, 4) is 0 Å². The van der Waals surface area contributed by atoms with E-state index in [-0.39, 0.29) is 25.0 Å². The van der Waals surface area contributed by atoms with E-state index in [1.165, 1.54) is 0 Å². The maximum absolute atomic E-state index is 12.0. The molecule has 8 heteroatoms. The molecule has 0 spiro atoms. The Morgan fingerprint density at radius 3 is 2.57 bits per heavy atom. The Hall–Kier alpha value is -2.12. The molecular weight excluding hydrogens is 304 g/mol. The van der Waals surface area contributed by atoms with Crippen molar-refractivity contribution in [2.45, 2.75) is 45.1 Å². The zero-order valence-corrected chi connectivity index (χ0v) is 13.2. The van der Waals surface area contributed by atoms with Gasteiger partial charge >= 0.3 is 12.1 Å². The van der Waals surface area contributed by atoms with Crippen molar-refractivity contribution in [1.29, 1.82) is 0 Å². The number of hydrogen-bond acceptors (Lipinski definition) is 6. The Morgan fingerprint density at radius 1 is 1.22 bits per heavy atom. The van der Waals surface area contributed by atoms with Crippen LogP contribution in [-0.4, -0.2) is 54.6 Å². The number of carbonyl (C=O) groups excluding carboxylic acids is 4. The smallest absolute Gasteiger partial charge is 0.413 e. The zero-order chi connectivity index (χ0) is 16.8. The van der Waals surface area contributed by atoms with E-state index in [4.69, 9.17) is 4.74 Å². The van der Waals surface area contributed by atoms with E-state index in [0.717, 1.165) is 25.7 Å². The first kappa shape index (κ1) is 17.2. The molecule has 23 heavy (non-hydrogen) atoms. The van der Waals surface area contributed by atoms with Gasteiger partial charge in [-0.05, 0) is 19.8 Å². The van der Waals surface area contributed by atoms with Gasteiger partial charge in [0.05, 0.1) is 12.5 Å². The van der Waals surface area contributed by atoms with Crippen LogP contribution < -0.4 is 5.32 Å². The number of nitrogens with zero attached hydrogens (tertiary/aromatic N) is 1. The molecule has 0 aromatic carbocycles. The molecule has 1 heterocycles. The van der Waals surface area contributed by atoms with Gasteiger partial charge in [-0.25, -0.2) is 4.79 Å². The Morgan fingerprint density at radius 2 is 1.91 bits per heavy atom. The van der Waals surface area contributed by atoms with Gasteiger partial charge in [0.25, 0.3) is 5.91 Å². The van der Waals surface area contributed by atoms with E-state index in [2.05, 4.69) is 4.74 Å². The van der Waals surface area contributed by atoms with E-state index >= 15 is 0 Å². The maximum atomic E-state index is 12.0. The molecule has 2 aliphatic rings. The van der Waals surface area contributed by atoms with Crippen molar-refractivity contribution in [1.82, 2.24) is 10.2 Å². The summed E-state index contributed by atoms with van der Waals surface area (Å²) in [5.41, 5.74) is 0. The summed E-state index contributed by atoms with van der Waals surface area (Å²) in [4.78, 5) is 48.2. The lowest BCUT2D eigenvalue weighted by Gasteiger charge is -2.23. The van der Waals surface area contributed by atoms with Gasteiger partial charge in [0.1, 0.15) is 0 Å². The van der Waals surface area contributed by atoms with Crippen LogP contribution in [0, 0.1) is 5.92 Å². The molecule has 2 fully saturated rings. The SMILES string of the molecule is CCOC(=O)NC(=O)COC(=O)[C@@H]1CC(=O)N(C2CCCC2)C1.